The third-order valence-corrected chi connectivity index (χ3v) is 6.35. The molecule has 6 nitrogen and oxygen atoms in total. The largest absolute Gasteiger partial charge is 0.379 e. The summed E-state index contributed by atoms with van der Waals surface area (Å²) in [6, 6.07) is 12.1. The second kappa shape index (κ2) is 8.91. The fourth-order valence-corrected chi connectivity index (χ4v) is 4.73. The Morgan fingerprint density at radius 2 is 2.04 bits per heavy atom. The van der Waals surface area contributed by atoms with Crippen LogP contribution in [0.25, 0.3) is 11.3 Å². The van der Waals surface area contributed by atoms with Crippen LogP contribution in [-0.4, -0.2) is 82.8 Å². The molecule has 0 saturated carbocycles. The summed E-state index contributed by atoms with van der Waals surface area (Å²) in [4.78, 5) is 17.7. The van der Waals surface area contributed by atoms with Gasteiger partial charge in [0, 0.05) is 37.5 Å². The first-order chi connectivity index (χ1) is 13.3. The number of amides is 1. The monoisotopic (exact) mass is 386 g/mol. The van der Waals surface area contributed by atoms with E-state index in [9.17, 15) is 4.79 Å². The van der Waals surface area contributed by atoms with E-state index in [0.717, 1.165) is 68.6 Å². The molecule has 2 aliphatic rings. The number of hydrogen-bond donors (Lipinski definition) is 1. The zero-order valence-corrected chi connectivity index (χ0v) is 16.3. The van der Waals surface area contributed by atoms with E-state index in [2.05, 4.69) is 20.0 Å². The topological polar surface area (TPSA) is 61.5 Å². The molecule has 7 heteroatoms. The Bertz CT molecular complexity index is 745. The minimum Gasteiger partial charge on any atom is -0.379 e. The van der Waals surface area contributed by atoms with Crippen LogP contribution in [0.3, 0.4) is 0 Å². The average molecular weight is 387 g/mol. The molecule has 2 saturated heterocycles. The molecule has 1 N–H and O–H groups in total. The predicted octanol–water partition coefficient (Wildman–Crippen LogP) is 2.36. The molecule has 1 atom stereocenters. The van der Waals surface area contributed by atoms with E-state index in [1.807, 2.05) is 48.2 Å². The molecule has 2 aliphatic heterocycles. The van der Waals surface area contributed by atoms with E-state index in [1.54, 1.807) is 0 Å². The van der Waals surface area contributed by atoms with Gasteiger partial charge in [-0.15, -0.1) is 0 Å². The SMILES string of the molecule is O=C(c1cc(-c2ccccc2)n[nH]1)N1CCCSCC1CN1CCOCC1. The second-order valence-corrected chi connectivity index (χ2v) is 8.18. The summed E-state index contributed by atoms with van der Waals surface area (Å²) < 4.78 is 5.46. The van der Waals surface area contributed by atoms with Crippen molar-refractivity contribution < 1.29 is 9.53 Å². The molecule has 1 amide bonds. The van der Waals surface area contributed by atoms with Gasteiger partial charge in [0.25, 0.3) is 5.91 Å². The van der Waals surface area contributed by atoms with Crippen LogP contribution >= 0.6 is 11.8 Å². The molecule has 0 spiro atoms. The van der Waals surface area contributed by atoms with E-state index in [0.29, 0.717) is 5.69 Å². The first-order valence-corrected chi connectivity index (χ1v) is 10.8. The average Bonchev–Trinajstić information content (AvgIpc) is 3.10. The molecule has 27 heavy (non-hydrogen) atoms. The van der Waals surface area contributed by atoms with Gasteiger partial charge in [0.05, 0.1) is 24.9 Å². The van der Waals surface area contributed by atoms with Crippen LogP contribution in [0.4, 0.5) is 0 Å². The van der Waals surface area contributed by atoms with Gasteiger partial charge in [-0.3, -0.25) is 14.8 Å². The number of carbonyl (C=O) groups is 1. The second-order valence-electron chi connectivity index (χ2n) is 7.03. The Hall–Kier alpha value is -1.83. The van der Waals surface area contributed by atoms with Crippen molar-refractivity contribution in [1.82, 2.24) is 20.0 Å². The highest BCUT2D eigenvalue weighted by Gasteiger charge is 2.29. The number of hydrogen-bond acceptors (Lipinski definition) is 5. The maximum Gasteiger partial charge on any atom is 0.272 e. The lowest BCUT2D eigenvalue weighted by molar-refractivity contribution is 0.0244. The molecule has 1 aromatic heterocycles. The van der Waals surface area contributed by atoms with Gasteiger partial charge in [-0.1, -0.05) is 30.3 Å². The summed E-state index contributed by atoms with van der Waals surface area (Å²) in [6.45, 7) is 5.20. The van der Waals surface area contributed by atoms with E-state index >= 15 is 0 Å². The third-order valence-electron chi connectivity index (χ3n) is 5.15. The Morgan fingerprint density at radius 1 is 1.22 bits per heavy atom. The highest BCUT2D eigenvalue weighted by molar-refractivity contribution is 7.99. The summed E-state index contributed by atoms with van der Waals surface area (Å²) in [5.41, 5.74) is 2.41. The van der Waals surface area contributed by atoms with Crippen molar-refractivity contribution in [2.24, 2.45) is 0 Å². The highest BCUT2D eigenvalue weighted by atomic mass is 32.2. The molecule has 3 heterocycles. The Balaban J connectivity index is 1.50. The molecular weight excluding hydrogens is 360 g/mol. The Labute approximate surface area is 164 Å². The van der Waals surface area contributed by atoms with Crippen molar-refractivity contribution in [3.8, 4) is 11.3 Å². The number of aromatic amines is 1. The van der Waals surface area contributed by atoms with Crippen LogP contribution in [0.15, 0.2) is 36.4 Å². The summed E-state index contributed by atoms with van der Waals surface area (Å²) in [6.07, 6.45) is 1.04. The lowest BCUT2D eigenvalue weighted by atomic mass is 10.1. The van der Waals surface area contributed by atoms with Crippen molar-refractivity contribution in [1.29, 1.82) is 0 Å². The van der Waals surface area contributed by atoms with Crippen LogP contribution in [-0.2, 0) is 4.74 Å². The molecule has 0 bridgehead atoms. The number of benzene rings is 1. The van der Waals surface area contributed by atoms with Gasteiger partial charge in [0.2, 0.25) is 0 Å². The third kappa shape index (κ3) is 4.54. The molecule has 4 rings (SSSR count). The van der Waals surface area contributed by atoms with Gasteiger partial charge in [-0.25, -0.2) is 0 Å². The van der Waals surface area contributed by atoms with Crippen LogP contribution in [0.5, 0.6) is 0 Å². The molecule has 2 aromatic rings. The molecule has 1 aromatic carbocycles. The summed E-state index contributed by atoms with van der Waals surface area (Å²) in [5, 5.41) is 7.33. The number of carbonyl (C=O) groups excluding carboxylic acids is 1. The maximum absolute atomic E-state index is 13.3. The minimum atomic E-state index is 0.0606. The number of H-pyrrole nitrogens is 1. The maximum atomic E-state index is 13.3. The Morgan fingerprint density at radius 3 is 2.85 bits per heavy atom. The number of aromatic nitrogens is 2. The molecular formula is C20H26N4O2S. The Kier molecular flexibility index (Phi) is 6.11. The smallest absolute Gasteiger partial charge is 0.272 e. The van der Waals surface area contributed by atoms with Crippen LogP contribution in [0, 0.1) is 0 Å². The number of ether oxygens (including phenoxy) is 1. The summed E-state index contributed by atoms with van der Waals surface area (Å²) in [5.74, 6) is 2.16. The quantitative estimate of drug-likeness (QED) is 0.874. The van der Waals surface area contributed by atoms with Gasteiger partial charge in [-0.05, 0) is 18.2 Å². The fourth-order valence-electron chi connectivity index (χ4n) is 3.67. The summed E-state index contributed by atoms with van der Waals surface area (Å²) >= 11 is 1.95. The molecule has 0 radical (unpaired) electrons. The number of nitrogens with zero attached hydrogens (tertiary/aromatic N) is 3. The van der Waals surface area contributed by atoms with Gasteiger partial charge in [-0.2, -0.15) is 16.9 Å². The first kappa shape index (κ1) is 18.5. The fraction of sp³-hybridized carbons (Fsp3) is 0.500. The van der Waals surface area contributed by atoms with E-state index in [-0.39, 0.29) is 11.9 Å². The van der Waals surface area contributed by atoms with Gasteiger partial charge in [0.1, 0.15) is 5.69 Å². The van der Waals surface area contributed by atoms with E-state index < -0.39 is 0 Å². The lowest BCUT2D eigenvalue weighted by Gasteiger charge is -2.35. The van der Waals surface area contributed by atoms with Crippen molar-refractivity contribution >= 4 is 17.7 Å². The number of morpholine rings is 1. The molecule has 2 fully saturated rings. The van der Waals surface area contributed by atoms with Crippen molar-refractivity contribution in [2.75, 3.05) is 50.9 Å². The highest BCUT2D eigenvalue weighted by Crippen LogP contribution is 2.22. The first-order valence-electron chi connectivity index (χ1n) is 9.61. The lowest BCUT2D eigenvalue weighted by Crippen LogP contribution is -2.50. The van der Waals surface area contributed by atoms with Crippen molar-refractivity contribution in [3.05, 3.63) is 42.1 Å². The molecule has 144 valence electrons. The minimum absolute atomic E-state index is 0.0606. The van der Waals surface area contributed by atoms with Gasteiger partial charge < -0.3 is 9.64 Å². The normalized spacial score (nSPS) is 21.8. The zero-order chi connectivity index (χ0) is 18.5. The zero-order valence-electron chi connectivity index (χ0n) is 15.5. The number of thioether (sulfide) groups is 1. The van der Waals surface area contributed by atoms with Crippen molar-refractivity contribution in [2.45, 2.75) is 12.5 Å². The van der Waals surface area contributed by atoms with Crippen molar-refractivity contribution in [3.63, 3.8) is 0 Å². The van der Waals surface area contributed by atoms with Gasteiger partial charge >= 0.3 is 0 Å². The standard InChI is InChI=1S/C20H26N4O2S/c25-20(19-13-18(21-22-19)16-5-2-1-3-6-16)24-7-4-12-27-15-17(24)14-23-8-10-26-11-9-23/h1-3,5-6,13,17H,4,7-12,14-15H2,(H,21,22). The summed E-state index contributed by atoms with van der Waals surface area (Å²) in [7, 11) is 0. The molecule has 1 unspecified atom stereocenters. The van der Waals surface area contributed by atoms with E-state index in [4.69, 9.17) is 4.74 Å². The van der Waals surface area contributed by atoms with Crippen LogP contribution in [0.1, 0.15) is 16.9 Å². The number of nitrogens with one attached hydrogen (secondary N) is 1. The van der Waals surface area contributed by atoms with E-state index in [1.165, 1.54) is 0 Å². The molecule has 0 aliphatic carbocycles. The van der Waals surface area contributed by atoms with Crippen LogP contribution < -0.4 is 0 Å². The number of rotatable bonds is 4. The van der Waals surface area contributed by atoms with Crippen LogP contribution in [0.2, 0.25) is 0 Å². The van der Waals surface area contributed by atoms with Gasteiger partial charge in [0.15, 0.2) is 0 Å². The predicted molar refractivity (Wildman–Crippen MR) is 108 cm³/mol.